The lowest BCUT2D eigenvalue weighted by Crippen LogP contribution is -2.03. The molecule has 3 heterocycles. The van der Waals surface area contributed by atoms with Gasteiger partial charge in [-0.25, -0.2) is 0 Å². The molecule has 4 heteroatoms. The molecule has 4 nitrogen and oxygen atoms in total. The summed E-state index contributed by atoms with van der Waals surface area (Å²) in [4.78, 5) is 15.7. The van der Waals surface area contributed by atoms with Crippen LogP contribution in [0, 0.1) is 0 Å². The second-order valence-electron chi connectivity index (χ2n) is 4.16. The van der Waals surface area contributed by atoms with Crippen LogP contribution in [0.1, 0.15) is 5.56 Å². The summed E-state index contributed by atoms with van der Waals surface area (Å²) in [7, 11) is 0. The molecule has 1 aliphatic heterocycles. The number of pyridine rings is 1. The minimum Gasteiger partial charge on any atom is -0.464 e. The lowest BCUT2D eigenvalue weighted by molar-refractivity contribution is -0.115. The molecule has 0 bridgehead atoms. The van der Waals surface area contributed by atoms with E-state index in [1.807, 2.05) is 12.1 Å². The average Bonchev–Trinajstić information content (AvgIpc) is 2.94. The van der Waals surface area contributed by atoms with Gasteiger partial charge in [-0.2, -0.15) is 0 Å². The summed E-state index contributed by atoms with van der Waals surface area (Å²) < 4.78 is 5.50. The zero-order valence-electron chi connectivity index (χ0n) is 8.86. The van der Waals surface area contributed by atoms with Crippen LogP contribution in [-0.2, 0) is 11.2 Å². The average molecular weight is 224 g/mol. The van der Waals surface area contributed by atoms with E-state index < -0.39 is 0 Å². The molecule has 0 atom stereocenters. The summed E-state index contributed by atoms with van der Waals surface area (Å²) in [6.07, 6.45) is 5.57. The minimum atomic E-state index is 0.00838. The van der Waals surface area contributed by atoms with Crippen molar-refractivity contribution < 1.29 is 9.21 Å². The van der Waals surface area contributed by atoms with Gasteiger partial charge in [0.15, 0.2) is 0 Å². The van der Waals surface area contributed by atoms with Crippen LogP contribution >= 0.6 is 0 Å². The summed E-state index contributed by atoms with van der Waals surface area (Å²) in [6, 6.07) is 3.87. The number of nitrogens with zero attached hydrogens (tertiary/aromatic N) is 1. The van der Waals surface area contributed by atoms with Crippen molar-refractivity contribution in [2.45, 2.75) is 6.42 Å². The van der Waals surface area contributed by atoms with Gasteiger partial charge in [0.1, 0.15) is 5.58 Å². The van der Waals surface area contributed by atoms with Gasteiger partial charge < -0.3 is 9.73 Å². The largest absolute Gasteiger partial charge is 0.464 e. The van der Waals surface area contributed by atoms with E-state index in [1.165, 1.54) is 0 Å². The van der Waals surface area contributed by atoms with Crippen LogP contribution in [0.15, 0.2) is 35.2 Å². The molecule has 1 N–H and O–H groups in total. The molecule has 1 amide bonds. The van der Waals surface area contributed by atoms with E-state index in [9.17, 15) is 4.79 Å². The molecule has 0 saturated carbocycles. The van der Waals surface area contributed by atoms with Gasteiger partial charge in [-0.05, 0) is 17.5 Å². The fraction of sp³-hybridized carbons (Fsp3) is 0.0769. The molecule has 1 aromatic carbocycles. The van der Waals surface area contributed by atoms with Crippen LogP contribution in [0.25, 0.3) is 21.7 Å². The molecule has 0 unspecified atom stereocenters. The Morgan fingerprint density at radius 3 is 3.12 bits per heavy atom. The Hall–Kier alpha value is -2.36. The topological polar surface area (TPSA) is 55.1 Å². The highest BCUT2D eigenvalue weighted by atomic mass is 16.3. The third kappa shape index (κ3) is 1.02. The zero-order valence-corrected chi connectivity index (χ0v) is 8.86. The van der Waals surface area contributed by atoms with Crippen LogP contribution in [0.3, 0.4) is 0 Å². The van der Waals surface area contributed by atoms with Crippen molar-refractivity contribution >= 4 is 33.3 Å². The number of aromatic nitrogens is 1. The fourth-order valence-electron chi connectivity index (χ4n) is 2.52. The Balaban J connectivity index is 2.31. The van der Waals surface area contributed by atoms with Crippen molar-refractivity contribution in [2.75, 3.05) is 5.32 Å². The number of nitrogens with one attached hydrogen (secondary N) is 1. The predicted octanol–water partition coefficient (Wildman–Crippen LogP) is 2.48. The lowest BCUT2D eigenvalue weighted by atomic mass is 10.0. The van der Waals surface area contributed by atoms with Gasteiger partial charge in [0, 0.05) is 28.7 Å². The summed E-state index contributed by atoms with van der Waals surface area (Å²) in [5.74, 6) is 0.00838. The van der Waals surface area contributed by atoms with Gasteiger partial charge in [0.25, 0.3) is 0 Å². The first-order valence-electron chi connectivity index (χ1n) is 5.40. The number of carbonyl (C=O) groups is 1. The summed E-state index contributed by atoms with van der Waals surface area (Å²) >= 11 is 0. The standard InChI is InChI=1S/C13H8N2O2/c16-11-5-9-12(15-11)10-6-14-3-1-7(10)8-2-4-17-13(8)9/h1-4,6H,5H2,(H,15,16). The van der Waals surface area contributed by atoms with E-state index in [-0.39, 0.29) is 5.91 Å². The minimum absolute atomic E-state index is 0.00838. The van der Waals surface area contributed by atoms with E-state index in [0.717, 1.165) is 33.0 Å². The number of hydrogen-bond donors (Lipinski definition) is 1. The quantitative estimate of drug-likeness (QED) is 0.638. The third-order valence-electron chi connectivity index (χ3n) is 3.22. The number of carbonyl (C=O) groups excluding carboxylic acids is 1. The highest BCUT2D eigenvalue weighted by Gasteiger charge is 2.25. The van der Waals surface area contributed by atoms with Crippen LogP contribution in [0.4, 0.5) is 5.69 Å². The third-order valence-corrected chi connectivity index (χ3v) is 3.22. The first-order valence-corrected chi connectivity index (χ1v) is 5.40. The van der Waals surface area contributed by atoms with Crippen molar-refractivity contribution in [1.82, 2.24) is 4.98 Å². The van der Waals surface area contributed by atoms with Crippen LogP contribution in [0.5, 0.6) is 0 Å². The zero-order chi connectivity index (χ0) is 11.4. The molecule has 0 aliphatic carbocycles. The van der Waals surface area contributed by atoms with Gasteiger partial charge in [0.2, 0.25) is 5.91 Å². The molecular formula is C13H8N2O2. The number of fused-ring (bicyclic) bond motifs is 6. The molecular weight excluding hydrogens is 216 g/mol. The monoisotopic (exact) mass is 224 g/mol. The van der Waals surface area contributed by atoms with Crippen molar-refractivity contribution in [3.8, 4) is 0 Å². The van der Waals surface area contributed by atoms with E-state index in [4.69, 9.17) is 4.42 Å². The highest BCUT2D eigenvalue weighted by Crippen LogP contribution is 2.39. The van der Waals surface area contributed by atoms with E-state index in [0.29, 0.717) is 6.42 Å². The molecule has 3 aromatic rings. The first-order chi connectivity index (χ1) is 8.34. The van der Waals surface area contributed by atoms with Crippen molar-refractivity contribution in [3.05, 3.63) is 36.4 Å². The Labute approximate surface area is 96.2 Å². The predicted molar refractivity (Wildman–Crippen MR) is 63.8 cm³/mol. The van der Waals surface area contributed by atoms with Crippen molar-refractivity contribution in [3.63, 3.8) is 0 Å². The van der Waals surface area contributed by atoms with Crippen LogP contribution in [0.2, 0.25) is 0 Å². The molecule has 17 heavy (non-hydrogen) atoms. The SMILES string of the molecule is O=C1Cc2c(c3cnccc3c3ccoc23)N1. The van der Waals surface area contributed by atoms with E-state index in [1.54, 1.807) is 18.7 Å². The van der Waals surface area contributed by atoms with Crippen molar-refractivity contribution in [1.29, 1.82) is 0 Å². The van der Waals surface area contributed by atoms with E-state index >= 15 is 0 Å². The molecule has 0 radical (unpaired) electrons. The summed E-state index contributed by atoms with van der Waals surface area (Å²) in [6.45, 7) is 0. The maximum absolute atomic E-state index is 11.5. The maximum atomic E-state index is 11.5. The molecule has 2 aromatic heterocycles. The van der Waals surface area contributed by atoms with Crippen LogP contribution < -0.4 is 5.32 Å². The molecule has 1 aliphatic rings. The lowest BCUT2D eigenvalue weighted by Gasteiger charge is -2.05. The normalized spacial score (nSPS) is 14.2. The number of furan rings is 1. The molecule has 0 spiro atoms. The fourth-order valence-corrected chi connectivity index (χ4v) is 2.52. The van der Waals surface area contributed by atoms with Crippen molar-refractivity contribution in [2.24, 2.45) is 0 Å². The highest BCUT2D eigenvalue weighted by molar-refractivity contribution is 6.19. The van der Waals surface area contributed by atoms with Gasteiger partial charge in [-0.1, -0.05) is 0 Å². The number of hydrogen-bond acceptors (Lipinski definition) is 3. The Kier molecular flexibility index (Phi) is 1.47. The molecule has 82 valence electrons. The second kappa shape index (κ2) is 2.85. The summed E-state index contributed by atoms with van der Waals surface area (Å²) in [5.41, 5.74) is 2.59. The van der Waals surface area contributed by atoms with Gasteiger partial charge in [0.05, 0.1) is 18.4 Å². The molecule has 0 saturated heterocycles. The Bertz CT molecular complexity index is 774. The van der Waals surface area contributed by atoms with E-state index in [2.05, 4.69) is 10.3 Å². The second-order valence-corrected chi connectivity index (χ2v) is 4.16. The van der Waals surface area contributed by atoms with Gasteiger partial charge in [-0.3, -0.25) is 9.78 Å². The first kappa shape index (κ1) is 8.75. The summed E-state index contributed by atoms with van der Waals surface area (Å²) in [5, 5.41) is 5.96. The number of anilines is 1. The number of rotatable bonds is 0. The smallest absolute Gasteiger partial charge is 0.229 e. The molecule has 0 fully saturated rings. The molecule has 4 rings (SSSR count). The maximum Gasteiger partial charge on any atom is 0.229 e. The number of benzene rings is 1. The number of amides is 1. The van der Waals surface area contributed by atoms with Crippen LogP contribution in [-0.4, -0.2) is 10.9 Å². The Morgan fingerprint density at radius 1 is 1.24 bits per heavy atom. The van der Waals surface area contributed by atoms with Gasteiger partial charge in [-0.15, -0.1) is 0 Å². The Morgan fingerprint density at radius 2 is 2.18 bits per heavy atom. The van der Waals surface area contributed by atoms with Gasteiger partial charge >= 0.3 is 0 Å².